The smallest absolute Gasteiger partial charge is 0.164 e. The maximum atomic E-state index is 5.81. The number of rotatable bonds is 7. The molecule has 4 N–H and O–H groups in total. The van der Waals surface area contributed by atoms with Gasteiger partial charge in [-0.15, -0.1) is 0 Å². The number of aromatic amines is 1. The monoisotopic (exact) mass is 395 g/mol. The summed E-state index contributed by atoms with van der Waals surface area (Å²) in [5.74, 6) is 1.85. The topological polar surface area (TPSA) is 55.3 Å². The minimum atomic E-state index is 0.225. The first-order valence-electron chi connectivity index (χ1n) is 10.6. The number of hydrogen-bond acceptors (Lipinski definition) is 2. The lowest BCUT2D eigenvalue weighted by atomic mass is 9.89. The second-order valence-electron chi connectivity index (χ2n) is 8.19. The molecule has 4 rings (SSSR count). The van der Waals surface area contributed by atoms with Crippen molar-refractivity contribution in [1.82, 2.24) is 4.98 Å². The minimum absolute atomic E-state index is 0.225. The van der Waals surface area contributed by atoms with Crippen molar-refractivity contribution in [3.05, 3.63) is 59.8 Å². The van der Waals surface area contributed by atoms with Crippen LogP contribution in [0, 0.1) is 0 Å². The van der Waals surface area contributed by atoms with Gasteiger partial charge in [0.05, 0.1) is 52.9 Å². The highest BCUT2D eigenvalue weighted by Gasteiger charge is 2.28. The molecule has 0 amide bonds. The zero-order valence-corrected chi connectivity index (χ0v) is 17.7. The highest BCUT2D eigenvalue weighted by atomic mass is 16.5. The van der Waals surface area contributed by atoms with E-state index in [-0.39, 0.29) is 5.92 Å². The lowest BCUT2D eigenvalue weighted by Crippen LogP contribution is -3.12. The average molecular weight is 396 g/mol. The predicted octanol–water partition coefficient (Wildman–Crippen LogP) is 1.56. The Balaban J connectivity index is 1.70. The molecule has 0 saturated carbocycles. The first-order valence-corrected chi connectivity index (χ1v) is 10.6. The van der Waals surface area contributed by atoms with E-state index < -0.39 is 0 Å². The normalized spacial score (nSPS) is 20.5. The first kappa shape index (κ1) is 19.8. The molecule has 1 aliphatic heterocycles. The van der Waals surface area contributed by atoms with E-state index in [2.05, 4.69) is 59.9 Å². The Morgan fingerprint density at radius 1 is 1.03 bits per heavy atom. The Kier molecular flexibility index (Phi) is 6.07. The Morgan fingerprint density at radius 2 is 1.83 bits per heavy atom. The van der Waals surface area contributed by atoms with Crippen LogP contribution in [-0.2, 0) is 0 Å². The number of H-pyrrole nitrogens is 1. The molecule has 0 radical (unpaired) electrons. The van der Waals surface area contributed by atoms with Crippen LogP contribution >= 0.6 is 0 Å². The van der Waals surface area contributed by atoms with Crippen molar-refractivity contribution in [3.63, 3.8) is 0 Å². The molecule has 1 fully saturated rings. The summed E-state index contributed by atoms with van der Waals surface area (Å²) in [5, 5.41) is 3.83. The van der Waals surface area contributed by atoms with Gasteiger partial charge in [0, 0.05) is 35.5 Å². The van der Waals surface area contributed by atoms with Gasteiger partial charge in [0.2, 0.25) is 0 Å². The summed E-state index contributed by atoms with van der Waals surface area (Å²) >= 11 is 0. The molecular formula is C24H33N3O2+2. The molecule has 1 saturated heterocycles. The molecule has 2 aromatic carbocycles. The zero-order chi connectivity index (χ0) is 20.2. The summed E-state index contributed by atoms with van der Waals surface area (Å²) in [6.45, 7) is 3.53. The maximum Gasteiger partial charge on any atom is 0.164 e. The number of aromatic nitrogens is 1. The number of quaternary nitrogens is 2. The van der Waals surface area contributed by atoms with Crippen LogP contribution in [0.1, 0.15) is 29.9 Å². The van der Waals surface area contributed by atoms with E-state index >= 15 is 0 Å². The molecule has 3 aromatic rings. The molecule has 154 valence electrons. The van der Waals surface area contributed by atoms with Crippen molar-refractivity contribution in [2.24, 2.45) is 0 Å². The third-order valence-electron chi connectivity index (χ3n) is 6.39. The standard InChI is InChI=1S/C24H31N3O2/c1-27-13-11-17(12-14-27)25-15-21(19-8-6-10-23(28-2)24(19)29-3)20-16-26-22-9-5-4-7-18(20)22/h4-10,16-17,21,25-26H,11-15H2,1-3H3/p+2/t21-/m1/s1. The molecule has 0 spiro atoms. The van der Waals surface area contributed by atoms with E-state index in [9.17, 15) is 0 Å². The number of benzene rings is 2. The van der Waals surface area contributed by atoms with Crippen LogP contribution in [0.5, 0.6) is 11.5 Å². The summed E-state index contributed by atoms with van der Waals surface area (Å²) in [6, 6.07) is 15.5. The highest BCUT2D eigenvalue weighted by molar-refractivity contribution is 5.84. The number of methoxy groups -OCH3 is 2. The van der Waals surface area contributed by atoms with E-state index in [1.807, 2.05) is 6.07 Å². The van der Waals surface area contributed by atoms with Crippen molar-refractivity contribution in [1.29, 1.82) is 0 Å². The van der Waals surface area contributed by atoms with Crippen molar-refractivity contribution >= 4 is 10.9 Å². The van der Waals surface area contributed by atoms with E-state index in [0.29, 0.717) is 6.04 Å². The van der Waals surface area contributed by atoms with E-state index in [0.717, 1.165) is 18.0 Å². The van der Waals surface area contributed by atoms with Gasteiger partial charge in [0.1, 0.15) is 0 Å². The summed E-state index contributed by atoms with van der Waals surface area (Å²) < 4.78 is 11.4. The van der Waals surface area contributed by atoms with Crippen LogP contribution in [0.4, 0.5) is 0 Å². The Morgan fingerprint density at radius 3 is 2.59 bits per heavy atom. The third kappa shape index (κ3) is 4.11. The summed E-state index contributed by atoms with van der Waals surface area (Å²) in [5.41, 5.74) is 3.69. The number of nitrogens with two attached hydrogens (primary N) is 1. The molecule has 5 nitrogen and oxygen atoms in total. The second kappa shape index (κ2) is 8.89. The maximum absolute atomic E-state index is 5.81. The molecule has 1 aromatic heterocycles. The molecule has 29 heavy (non-hydrogen) atoms. The van der Waals surface area contributed by atoms with Gasteiger partial charge in [-0.05, 0) is 17.7 Å². The number of nitrogens with one attached hydrogen (secondary N) is 2. The Labute approximate surface area is 173 Å². The summed E-state index contributed by atoms with van der Waals surface area (Å²) in [4.78, 5) is 5.11. The number of piperidine rings is 1. The van der Waals surface area contributed by atoms with Gasteiger partial charge in [-0.1, -0.05) is 30.3 Å². The summed E-state index contributed by atoms with van der Waals surface area (Å²) in [6.07, 6.45) is 4.73. The molecule has 5 heteroatoms. The predicted molar refractivity (Wildman–Crippen MR) is 116 cm³/mol. The molecule has 2 heterocycles. The van der Waals surface area contributed by atoms with Crippen LogP contribution < -0.4 is 19.7 Å². The highest BCUT2D eigenvalue weighted by Crippen LogP contribution is 2.39. The molecule has 0 unspecified atom stereocenters. The summed E-state index contributed by atoms with van der Waals surface area (Å²) in [7, 11) is 5.73. The fourth-order valence-electron chi connectivity index (χ4n) is 4.69. The molecule has 1 aliphatic rings. The van der Waals surface area contributed by atoms with Gasteiger partial charge >= 0.3 is 0 Å². The van der Waals surface area contributed by atoms with E-state index in [4.69, 9.17) is 9.47 Å². The lowest BCUT2D eigenvalue weighted by Gasteiger charge is -2.27. The first-order chi connectivity index (χ1) is 14.2. The average Bonchev–Trinajstić information content (AvgIpc) is 3.19. The van der Waals surface area contributed by atoms with Crippen molar-refractivity contribution < 1.29 is 19.7 Å². The number of ether oxygens (including phenoxy) is 2. The van der Waals surface area contributed by atoms with Gasteiger partial charge in [0.15, 0.2) is 11.5 Å². The van der Waals surface area contributed by atoms with Crippen molar-refractivity contribution in [2.75, 3.05) is 40.9 Å². The Bertz CT molecular complexity index is 944. The van der Waals surface area contributed by atoms with Gasteiger partial charge < -0.3 is 24.7 Å². The SMILES string of the molecule is COc1cccc([C@@H](C[NH2+]C2CC[NH+](C)CC2)c2c[nH]c3ccccc23)c1OC. The second-order valence-corrected chi connectivity index (χ2v) is 8.19. The number of hydrogen-bond donors (Lipinski definition) is 3. The molecular weight excluding hydrogens is 362 g/mol. The molecule has 1 atom stereocenters. The van der Waals surface area contributed by atoms with Gasteiger partial charge in [-0.2, -0.15) is 0 Å². The number of para-hydroxylation sites is 2. The minimum Gasteiger partial charge on any atom is -0.493 e. The number of likely N-dealkylation sites (tertiary alicyclic amines) is 1. The lowest BCUT2D eigenvalue weighted by molar-refractivity contribution is -0.894. The van der Waals surface area contributed by atoms with Crippen LogP contribution in [0.3, 0.4) is 0 Å². The fourth-order valence-corrected chi connectivity index (χ4v) is 4.69. The fraction of sp³-hybridized carbons (Fsp3) is 0.417. The van der Waals surface area contributed by atoms with Crippen molar-refractivity contribution in [2.45, 2.75) is 24.8 Å². The largest absolute Gasteiger partial charge is 0.493 e. The Hall–Kier alpha value is -2.50. The molecule has 0 aliphatic carbocycles. The molecule has 0 bridgehead atoms. The quantitative estimate of drug-likeness (QED) is 0.569. The van der Waals surface area contributed by atoms with E-state index in [1.54, 1.807) is 19.1 Å². The van der Waals surface area contributed by atoms with E-state index in [1.165, 1.54) is 48.0 Å². The van der Waals surface area contributed by atoms with Gasteiger partial charge in [-0.25, -0.2) is 0 Å². The zero-order valence-electron chi connectivity index (χ0n) is 17.7. The van der Waals surface area contributed by atoms with Crippen LogP contribution in [0.25, 0.3) is 10.9 Å². The van der Waals surface area contributed by atoms with Crippen molar-refractivity contribution in [3.8, 4) is 11.5 Å². The van der Waals surface area contributed by atoms with Crippen LogP contribution in [0.15, 0.2) is 48.7 Å². The number of fused-ring (bicyclic) bond motifs is 1. The van der Waals surface area contributed by atoms with Gasteiger partial charge in [0.25, 0.3) is 0 Å². The van der Waals surface area contributed by atoms with Crippen LogP contribution in [0.2, 0.25) is 0 Å². The van der Waals surface area contributed by atoms with Gasteiger partial charge in [-0.3, -0.25) is 0 Å². The van der Waals surface area contributed by atoms with Crippen LogP contribution in [-0.4, -0.2) is 51.9 Å². The third-order valence-corrected chi connectivity index (χ3v) is 6.39.